The molecule has 20 nitrogen and oxygen atoms in total. The Hall–Kier alpha value is -6.81. The van der Waals surface area contributed by atoms with Crippen molar-refractivity contribution >= 4 is 47.2 Å². The van der Waals surface area contributed by atoms with Crippen molar-refractivity contribution in [1.82, 2.24) is 16.0 Å². The molecule has 79 heavy (non-hydrogen) atoms. The fraction of sp³-hybridized carbons (Fsp3) is 0.508. The van der Waals surface area contributed by atoms with Crippen LogP contribution < -0.4 is 34.9 Å². The van der Waals surface area contributed by atoms with Gasteiger partial charge in [-0.15, -0.1) is 0 Å². The molecule has 1 spiro atoms. The molecule has 2 aromatic carbocycles. The van der Waals surface area contributed by atoms with E-state index in [2.05, 4.69) is 22.0 Å². The molecule has 5 aliphatic heterocycles. The van der Waals surface area contributed by atoms with E-state index in [-0.39, 0.29) is 88.7 Å². The van der Waals surface area contributed by atoms with E-state index in [0.717, 1.165) is 11.1 Å². The summed E-state index contributed by atoms with van der Waals surface area (Å²) in [5.74, 6) is -5.43. The smallest absolute Gasteiger partial charge is 0.333 e. The van der Waals surface area contributed by atoms with Gasteiger partial charge in [0, 0.05) is 47.0 Å². The molecule has 4 fully saturated rings. The summed E-state index contributed by atoms with van der Waals surface area (Å²) in [6.07, 6.45) is 4.85. The van der Waals surface area contributed by atoms with Crippen molar-refractivity contribution < 1.29 is 82.4 Å². The first-order valence-electron chi connectivity index (χ1n) is 26.7. The Kier molecular flexibility index (Phi) is 15.4. The highest BCUT2D eigenvalue weighted by Crippen LogP contribution is 2.69. The maximum absolute atomic E-state index is 15.9. The van der Waals surface area contributed by atoms with Crippen LogP contribution in [0, 0.1) is 11.8 Å². The third kappa shape index (κ3) is 10.2. The number of rotatable bonds is 16. The topological polar surface area (TPSA) is 292 Å². The van der Waals surface area contributed by atoms with Crippen LogP contribution in [0.15, 0.2) is 76.9 Å². The van der Waals surface area contributed by atoms with E-state index in [0.29, 0.717) is 18.4 Å². The highest BCUT2D eigenvalue weighted by Gasteiger charge is 2.81. The Morgan fingerprint density at radius 3 is 2.29 bits per heavy atom. The minimum absolute atomic E-state index is 0.0194. The fourth-order valence-electron chi connectivity index (χ4n) is 11.9. The van der Waals surface area contributed by atoms with Crippen LogP contribution in [0.5, 0.6) is 23.0 Å². The minimum atomic E-state index is -1.86. The van der Waals surface area contributed by atoms with E-state index in [4.69, 9.17) is 28.4 Å². The van der Waals surface area contributed by atoms with E-state index < -0.39 is 119 Å². The second-order valence-corrected chi connectivity index (χ2v) is 22.9. The molecular formula is C59H69N3O17. The predicted octanol–water partition coefficient (Wildman–Crippen LogP) is 4.27. The molecule has 2 aromatic rings. The van der Waals surface area contributed by atoms with E-state index in [1.807, 2.05) is 60.6 Å². The van der Waals surface area contributed by atoms with E-state index in [1.165, 1.54) is 38.1 Å². The Morgan fingerprint density at radius 1 is 0.911 bits per heavy atom. The quantitative estimate of drug-likeness (QED) is 0.0406. The number of imide groups is 1. The van der Waals surface area contributed by atoms with Crippen LogP contribution in [0.1, 0.15) is 133 Å². The molecule has 3 saturated heterocycles. The van der Waals surface area contributed by atoms with Crippen LogP contribution in [-0.4, -0.2) is 133 Å². The molecule has 0 radical (unpaired) electrons. The number of Topliss-reactive ketones (excluding diaryl/α,β-unsaturated/α-hetero) is 2. The number of fused-ring (bicyclic) bond motifs is 2. The number of hydrogen-bond acceptors (Lipinski definition) is 17. The number of ketones is 2. The molecule has 4 amide bonds. The molecule has 422 valence electrons. The maximum Gasteiger partial charge on any atom is 0.333 e. The van der Waals surface area contributed by atoms with Crippen LogP contribution >= 0.6 is 0 Å². The lowest BCUT2D eigenvalue weighted by Crippen LogP contribution is -2.72. The lowest BCUT2D eigenvalue weighted by Gasteiger charge is -2.56. The third-order valence-electron chi connectivity index (χ3n) is 16.2. The molecule has 4 bridgehead atoms. The zero-order chi connectivity index (χ0) is 57.3. The number of nitrogens with one attached hydrogen (secondary N) is 3. The molecule has 10 rings (SSSR count). The van der Waals surface area contributed by atoms with Crippen molar-refractivity contribution in [1.29, 1.82) is 0 Å². The highest BCUT2D eigenvalue weighted by atomic mass is 16.7. The molecule has 0 aromatic heterocycles. The predicted molar refractivity (Wildman–Crippen MR) is 283 cm³/mol. The summed E-state index contributed by atoms with van der Waals surface area (Å²) in [5, 5.41) is 48.0. The largest absolute Gasteiger partial charge is 0.482 e. The maximum atomic E-state index is 15.9. The zero-order valence-corrected chi connectivity index (χ0v) is 45.7. The van der Waals surface area contributed by atoms with Gasteiger partial charge in [0.15, 0.2) is 28.5 Å². The third-order valence-corrected chi connectivity index (χ3v) is 16.2. The lowest BCUT2D eigenvalue weighted by molar-refractivity contribution is -0.277. The summed E-state index contributed by atoms with van der Waals surface area (Å²) in [5.41, 5.74) is -2.56. The number of carbonyl (C=O) groups excluding carboxylic acids is 7. The average molecular weight is 1090 g/mol. The van der Waals surface area contributed by atoms with Gasteiger partial charge >= 0.3 is 5.97 Å². The highest BCUT2D eigenvalue weighted by molar-refractivity contribution is 6.19. The number of aliphatic hydroxyl groups is 4. The van der Waals surface area contributed by atoms with E-state index >= 15 is 9.59 Å². The van der Waals surface area contributed by atoms with Gasteiger partial charge in [-0.05, 0) is 131 Å². The number of esters is 1. The molecule has 7 unspecified atom stereocenters. The van der Waals surface area contributed by atoms with Crippen molar-refractivity contribution in [3.05, 3.63) is 99.2 Å². The fourth-order valence-corrected chi connectivity index (χ4v) is 11.9. The number of carbonyl (C=O) groups is 7. The van der Waals surface area contributed by atoms with Gasteiger partial charge in [-0.1, -0.05) is 35.5 Å². The van der Waals surface area contributed by atoms with Crippen LogP contribution in [0.2, 0.25) is 0 Å². The first kappa shape index (κ1) is 56.9. The normalized spacial score (nSPS) is 31.2. The van der Waals surface area contributed by atoms with Gasteiger partial charge in [0.25, 0.3) is 5.91 Å². The summed E-state index contributed by atoms with van der Waals surface area (Å²) in [6, 6.07) is 3.23. The zero-order valence-electron chi connectivity index (χ0n) is 45.7. The summed E-state index contributed by atoms with van der Waals surface area (Å²) >= 11 is 0. The van der Waals surface area contributed by atoms with Gasteiger partial charge in [0.1, 0.15) is 64.9 Å². The molecule has 12 atom stereocenters. The van der Waals surface area contributed by atoms with Crippen molar-refractivity contribution in [2.75, 3.05) is 6.61 Å². The Labute approximate surface area is 457 Å². The summed E-state index contributed by atoms with van der Waals surface area (Å²) in [7, 11) is 0. The Bertz CT molecular complexity index is 3050. The van der Waals surface area contributed by atoms with Gasteiger partial charge in [-0.3, -0.25) is 34.1 Å². The van der Waals surface area contributed by atoms with Crippen LogP contribution in [0.25, 0.3) is 6.08 Å². The van der Waals surface area contributed by atoms with Gasteiger partial charge in [0.2, 0.25) is 24.0 Å². The first-order valence-corrected chi connectivity index (χ1v) is 26.7. The lowest BCUT2D eigenvalue weighted by atomic mass is 9.51. The molecule has 8 aliphatic rings. The van der Waals surface area contributed by atoms with Gasteiger partial charge in [-0.2, -0.15) is 0 Å². The van der Waals surface area contributed by atoms with Crippen molar-refractivity contribution in [2.45, 2.75) is 172 Å². The summed E-state index contributed by atoms with van der Waals surface area (Å²) < 4.78 is 38.9. The van der Waals surface area contributed by atoms with Crippen LogP contribution in [-0.2, 0) is 39.9 Å². The molecule has 1 saturated carbocycles. The summed E-state index contributed by atoms with van der Waals surface area (Å²) in [4.78, 5) is 97.4. The van der Waals surface area contributed by atoms with Crippen molar-refractivity contribution in [3.63, 3.8) is 0 Å². The molecular weight excluding hydrogens is 1020 g/mol. The Morgan fingerprint density at radius 2 is 1.62 bits per heavy atom. The second-order valence-electron chi connectivity index (χ2n) is 22.9. The van der Waals surface area contributed by atoms with Crippen molar-refractivity contribution in [2.24, 2.45) is 11.8 Å². The van der Waals surface area contributed by atoms with Crippen molar-refractivity contribution in [3.8, 4) is 23.0 Å². The minimum Gasteiger partial charge on any atom is -0.482 e. The monoisotopic (exact) mass is 1090 g/mol. The number of ether oxygens (including phenoxy) is 6. The molecule has 3 aliphatic carbocycles. The number of piperidine rings is 1. The number of aliphatic hydroxyl groups excluding tert-OH is 4. The van der Waals surface area contributed by atoms with Gasteiger partial charge in [0.05, 0.1) is 17.8 Å². The standard InChI is InChI=1S/C59H69N3O17/c1-28(2)11-10-22-57(9)23-21-36-47(77-57)35(17-12-29(3)4)49-42(48(36)76-54(73)31(6)60-52(71)32-13-15-34(16-14-32)74-55-46(68)45(67)44(66)39(27-63)75-55)43(65)37-25-33-26-40-56(7,8)79-58(50(33)69,59(37,40)78-49)24-20-30(5)51(70)61-38-18-19-41(64)62-53(38)72/h11-16,20-21,23,25,31,33,38-40,44-46,55,63,66-68H,10,17-19,22,24,26-27H2,1-9H3,(H,60,71)(H,61,70)(H,62,64,72)/t31?,33?,38?,39-,40?,44-,45+,46-,55-,57?,58?,59?/m1/s1. The molecule has 7 N–H and O–H groups in total. The van der Waals surface area contributed by atoms with Gasteiger partial charge in [-0.25, -0.2) is 4.79 Å². The SMILES string of the molecule is CC(C)=CCCC1(C)C=Cc2c(c(CC=C(C)C)c3c(c2OC(=O)C(C)NC(=O)c2ccc(O[C@@H]4O[C@H](CO)[C@@H](O)[C@H](O)[C@H]4O)cc2)C(=O)C2=CC4CC5C(C)(C)OC(CC=C(C)C(=O)NC6CCC(=O)NC6=O)(C4=O)C25O3)O1. The number of allylic oxidation sites excluding steroid dienone is 5. The average Bonchev–Trinajstić information content (AvgIpc) is 3.77. The number of hydrogen-bond donors (Lipinski definition) is 7. The van der Waals surface area contributed by atoms with Crippen LogP contribution in [0.4, 0.5) is 0 Å². The second kappa shape index (κ2) is 21.3. The number of amides is 4. The number of benzene rings is 2. The first-order chi connectivity index (χ1) is 37.2. The summed E-state index contributed by atoms with van der Waals surface area (Å²) in [6.45, 7) is 15.7. The molecule has 20 heteroatoms. The Balaban J connectivity index is 1.08. The van der Waals surface area contributed by atoms with Gasteiger partial charge < -0.3 is 59.5 Å². The van der Waals surface area contributed by atoms with E-state index in [1.54, 1.807) is 18.2 Å². The molecule has 5 heterocycles. The van der Waals surface area contributed by atoms with Crippen LogP contribution in [0.3, 0.4) is 0 Å². The van der Waals surface area contributed by atoms with E-state index in [9.17, 15) is 44.4 Å².